The number of aliphatic hydroxyl groups is 4. The first-order valence-corrected chi connectivity index (χ1v) is 12.6. The van der Waals surface area contributed by atoms with Crippen molar-refractivity contribution < 1.29 is 49.5 Å². The molecular formula is C26H31N5O10. The number of primary amides is 1. The van der Waals surface area contributed by atoms with Crippen LogP contribution in [0.15, 0.2) is 29.0 Å². The first-order valence-electron chi connectivity index (χ1n) is 12.6. The Labute approximate surface area is 233 Å². The van der Waals surface area contributed by atoms with Gasteiger partial charge in [-0.1, -0.05) is 13.0 Å². The number of phenols is 1. The van der Waals surface area contributed by atoms with Crippen molar-refractivity contribution >= 4 is 40.7 Å². The maximum Gasteiger partial charge on any atom is 0.255 e. The first-order chi connectivity index (χ1) is 19.1. The zero-order valence-electron chi connectivity index (χ0n) is 22.3. The van der Waals surface area contributed by atoms with Gasteiger partial charge in [0.2, 0.25) is 17.6 Å². The maximum atomic E-state index is 14.0. The van der Waals surface area contributed by atoms with Crippen LogP contribution in [0.4, 0.5) is 5.69 Å². The summed E-state index contributed by atoms with van der Waals surface area (Å²) in [5.74, 6) is -11.6. The van der Waals surface area contributed by atoms with E-state index in [1.165, 1.54) is 31.1 Å². The predicted octanol–water partition coefficient (Wildman–Crippen LogP) is -2.49. The van der Waals surface area contributed by atoms with Crippen molar-refractivity contribution in [1.82, 2.24) is 10.2 Å². The van der Waals surface area contributed by atoms with Crippen LogP contribution in [0, 0.1) is 11.8 Å². The fourth-order valence-corrected chi connectivity index (χ4v) is 6.16. The van der Waals surface area contributed by atoms with Crippen molar-refractivity contribution in [2.75, 3.05) is 32.5 Å². The number of likely N-dealkylation sites (N-methyl/N-ethyl adjacent to an activating group) is 1. The van der Waals surface area contributed by atoms with E-state index in [2.05, 4.69) is 10.6 Å². The minimum atomic E-state index is -3.04. The molecule has 3 aliphatic carbocycles. The molecule has 3 amide bonds. The normalized spacial score (nSPS) is 29.1. The Hall–Kier alpha value is -4.31. The van der Waals surface area contributed by atoms with E-state index in [0.717, 1.165) is 0 Å². The topological polar surface area (TPSA) is 266 Å². The van der Waals surface area contributed by atoms with E-state index < -0.39 is 99.7 Å². The lowest BCUT2D eigenvalue weighted by Crippen LogP contribution is -2.70. The van der Waals surface area contributed by atoms with Gasteiger partial charge in [-0.25, -0.2) is 0 Å². The zero-order chi connectivity index (χ0) is 30.7. The number of anilines is 1. The van der Waals surface area contributed by atoms with Crippen LogP contribution in [0.1, 0.15) is 24.0 Å². The van der Waals surface area contributed by atoms with Crippen molar-refractivity contribution in [3.05, 3.63) is 40.2 Å². The van der Waals surface area contributed by atoms with Crippen molar-refractivity contribution in [2.45, 2.75) is 30.6 Å². The van der Waals surface area contributed by atoms with Crippen molar-refractivity contribution in [3.63, 3.8) is 0 Å². The smallest absolute Gasteiger partial charge is 0.255 e. The number of hydrogen-bond donors (Lipinski definition) is 9. The number of hydrogen-bond acceptors (Lipinski definition) is 12. The van der Waals surface area contributed by atoms with Gasteiger partial charge in [0.25, 0.3) is 5.91 Å². The number of fused-ring (bicyclic) bond motifs is 3. The third-order valence-electron chi connectivity index (χ3n) is 8.04. The Morgan fingerprint density at radius 1 is 1.10 bits per heavy atom. The van der Waals surface area contributed by atoms with Gasteiger partial charge in [0, 0.05) is 11.5 Å². The number of Topliss-reactive ketones (excluding diaryl/α,β-unsaturated/α-hetero) is 2. The largest absolute Gasteiger partial charge is 0.508 e. The number of nitrogens with zero attached hydrogens (tertiary/aromatic N) is 1. The highest BCUT2D eigenvalue weighted by Gasteiger charge is 2.68. The SMILES string of the molecule is CC1c2ccc(NC(=O)CNC(=O)CN)c(O)c2C(O)=C2C(=O)C3(O)C(O)=C(C(N)=O)C(=O)C(N(C)C)C3C(O)C21. The van der Waals surface area contributed by atoms with E-state index in [1.807, 2.05) is 0 Å². The predicted molar refractivity (Wildman–Crippen MR) is 141 cm³/mol. The number of amides is 3. The minimum absolute atomic E-state index is 0.191. The quantitative estimate of drug-likeness (QED) is 0.126. The maximum absolute atomic E-state index is 14.0. The van der Waals surface area contributed by atoms with Gasteiger partial charge in [0.1, 0.15) is 22.8 Å². The summed E-state index contributed by atoms with van der Waals surface area (Å²) in [6, 6.07) is 1.30. The standard InChI is InChI=1S/C26H31N5O10/c1-8-9-4-5-10(30-12(33)7-29-11(32)6-27)19(34)14(9)20(35)15-13(8)21(36)17-18(31(2)3)22(37)16(25(28)40)24(39)26(17,41)23(15)38/h4-5,8,13,17-18,21,34-36,39,41H,6-7,27H2,1-3H3,(H2,28,40)(H,29,32)(H,30,33). The monoisotopic (exact) mass is 573 g/mol. The number of phenolic OH excluding ortho intramolecular Hbond substituents is 1. The summed E-state index contributed by atoms with van der Waals surface area (Å²) in [6.07, 6.45) is -1.72. The number of aromatic hydroxyl groups is 1. The van der Waals surface area contributed by atoms with Gasteiger partial charge in [0.15, 0.2) is 11.4 Å². The lowest BCUT2D eigenvalue weighted by atomic mass is 9.54. The van der Waals surface area contributed by atoms with Gasteiger partial charge in [-0.15, -0.1) is 0 Å². The molecule has 0 saturated heterocycles. The molecule has 6 unspecified atom stereocenters. The molecule has 3 aliphatic rings. The molecule has 1 fully saturated rings. The van der Waals surface area contributed by atoms with Crippen LogP contribution in [-0.4, -0.2) is 105 Å². The van der Waals surface area contributed by atoms with Gasteiger partial charge < -0.3 is 47.6 Å². The zero-order valence-corrected chi connectivity index (χ0v) is 22.3. The molecule has 41 heavy (non-hydrogen) atoms. The summed E-state index contributed by atoms with van der Waals surface area (Å²) in [5, 5.41) is 61.2. The van der Waals surface area contributed by atoms with Gasteiger partial charge >= 0.3 is 0 Å². The summed E-state index contributed by atoms with van der Waals surface area (Å²) in [4.78, 5) is 64.2. The molecule has 1 aromatic rings. The van der Waals surface area contributed by atoms with Crippen LogP contribution in [0.5, 0.6) is 5.75 Å². The van der Waals surface area contributed by atoms with Crippen LogP contribution in [-0.2, 0) is 24.0 Å². The Kier molecular flexibility index (Phi) is 7.43. The molecule has 4 rings (SSSR count). The van der Waals surface area contributed by atoms with E-state index in [4.69, 9.17) is 11.5 Å². The van der Waals surface area contributed by atoms with Crippen LogP contribution >= 0.6 is 0 Å². The number of rotatable bonds is 6. The van der Waals surface area contributed by atoms with Gasteiger partial charge in [-0.2, -0.15) is 0 Å². The molecule has 15 nitrogen and oxygen atoms in total. The molecule has 15 heteroatoms. The van der Waals surface area contributed by atoms with Crippen LogP contribution in [0.25, 0.3) is 5.76 Å². The van der Waals surface area contributed by atoms with E-state index in [1.54, 1.807) is 6.92 Å². The molecule has 6 atom stereocenters. The highest BCUT2D eigenvalue weighted by molar-refractivity contribution is 6.24. The fraction of sp³-hybridized carbons (Fsp3) is 0.423. The number of benzene rings is 1. The van der Waals surface area contributed by atoms with Crippen LogP contribution < -0.4 is 22.1 Å². The second kappa shape index (κ2) is 10.3. The molecule has 0 radical (unpaired) electrons. The summed E-state index contributed by atoms with van der Waals surface area (Å²) >= 11 is 0. The van der Waals surface area contributed by atoms with E-state index in [-0.39, 0.29) is 23.4 Å². The molecular weight excluding hydrogens is 542 g/mol. The highest BCUT2D eigenvalue weighted by atomic mass is 16.4. The summed E-state index contributed by atoms with van der Waals surface area (Å²) in [5.41, 5.74) is 5.66. The Bertz CT molecular complexity index is 1450. The molecule has 0 heterocycles. The van der Waals surface area contributed by atoms with E-state index in [0.29, 0.717) is 0 Å². The minimum Gasteiger partial charge on any atom is -0.508 e. The Morgan fingerprint density at radius 3 is 2.29 bits per heavy atom. The average molecular weight is 574 g/mol. The van der Waals surface area contributed by atoms with Gasteiger partial charge in [0.05, 0.1) is 42.4 Å². The number of carbonyl (C=O) groups excluding carboxylic acids is 5. The number of nitrogens with two attached hydrogens (primary N) is 2. The number of nitrogens with one attached hydrogen (secondary N) is 2. The van der Waals surface area contributed by atoms with Crippen molar-refractivity contribution in [1.29, 1.82) is 0 Å². The number of aliphatic hydroxyl groups excluding tert-OH is 3. The van der Waals surface area contributed by atoms with Crippen molar-refractivity contribution in [3.8, 4) is 5.75 Å². The fourth-order valence-electron chi connectivity index (χ4n) is 6.16. The molecule has 1 saturated carbocycles. The average Bonchev–Trinajstić information content (AvgIpc) is 2.90. The lowest BCUT2D eigenvalue weighted by Gasteiger charge is -2.53. The lowest BCUT2D eigenvalue weighted by molar-refractivity contribution is -0.169. The van der Waals surface area contributed by atoms with Crippen molar-refractivity contribution in [2.24, 2.45) is 23.3 Å². The Morgan fingerprint density at radius 2 is 1.73 bits per heavy atom. The third-order valence-corrected chi connectivity index (χ3v) is 8.04. The second-order valence-corrected chi connectivity index (χ2v) is 10.5. The van der Waals surface area contributed by atoms with Crippen LogP contribution in [0.2, 0.25) is 0 Å². The highest BCUT2D eigenvalue weighted by Crippen LogP contribution is 2.56. The van der Waals surface area contributed by atoms with Gasteiger partial charge in [-0.05, 0) is 31.6 Å². The summed E-state index contributed by atoms with van der Waals surface area (Å²) < 4.78 is 0. The Balaban J connectivity index is 1.88. The van der Waals surface area contributed by atoms with Crippen LogP contribution in [0.3, 0.4) is 0 Å². The van der Waals surface area contributed by atoms with E-state index >= 15 is 0 Å². The molecule has 0 spiro atoms. The molecule has 220 valence electrons. The number of carbonyl (C=O) groups is 5. The van der Waals surface area contributed by atoms with Gasteiger partial charge in [-0.3, -0.25) is 28.9 Å². The molecule has 11 N–H and O–H groups in total. The molecule has 0 bridgehead atoms. The number of ketones is 2. The van der Waals surface area contributed by atoms with E-state index in [9.17, 15) is 49.5 Å². The first kappa shape index (κ1) is 29.7. The summed E-state index contributed by atoms with van der Waals surface area (Å²) in [7, 11) is 2.83. The molecule has 1 aromatic carbocycles. The molecule has 0 aliphatic heterocycles. The third kappa shape index (κ3) is 4.24. The molecule has 0 aromatic heterocycles. The second-order valence-electron chi connectivity index (χ2n) is 10.5. The summed E-state index contributed by atoms with van der Waals surface area (Å²) in [6.45, 7) is 0.758.